The van der Waals surface area contributed by atoms with Gasteiger partial charge in [-0.1, -0.05) is 30.3 Å². The number of benzene rings is 2. The topological polar surface area (TPSA) is 9.23 Å². The van der Waals surface area contributed by atoms with Crippen LogP contribution in [0, 0.1) is 12.7 Å². The molecule has 0 fully saturated rings. The molecule has 0 aliphatic rings. The second-order valence-corrected chi connectivity index (χ2v) is 3.67. The van der Waals surface area contributed by atoms with Crippen molar-refractivity contribution in [2.24, 2.45) is 0 Å². The van der Waals surface area contributed by atoms with E-state index in [4.69, 9.17) is 4.74 Å². The molecule has 0 amide bonds. The number of methoxy groups -OCH3 is 1. The van der Waals surface area contributed by atoms with Gasteiger partial charge in [-0.05, 0) is 30.2 Å². The van der Waals surface area contributed by atoms with Crippen molar-refractivity contribution in [3.8, 4) is 16.9 Å². The summed E-state index contributed by atoms with van der Waals surface area (Å²) >= 11 is 0. The maximum Gasteiger partial charge on any atom is 0.133 e. The highest BCUT2D eigenvalue weighted by atomic mass is 19.1. The number of hydrogen-bond acceptors (Lipinski definition) is 1. The SMILES string of the molecule is COc1cccc(-c2cccc(C)c2F)c1. The standard InChI is InChI=1S/C14H13FO/c1-10-5-3-8-13(14(10)15)11-6-4-7-12(9-11)16-2/h3-9H,1-2H3. The zero-order valence-corrected chi connectivity index (χ0v) is 9.33. The Morgan fingerprint density at radius 3 is 2.56 bits per heavy atom. The maximum atomic E-state index is 13.9. The van der Waals surface area contributed by atoms with E-state index < -0.39 is 0 Å². The van der Waals surface area contributed by atoms with Crippen LogP contribution in [-0.4, -0.2) is 7.11 Å². The molecule has 0 saturated carbocycles. The van der Waals surface area contributed by atoms with Crippen LogP contribution in [0.5, 0.6) is 5.75 Å². The Morgan fingerprint density at radius 1 is 1.06 bits per heavy atom. The third-order valence-corrected chi connectivity index (χ3v) is 2.57. The molecular formula is C14H13FO. The molecule has 16 heavy (non-hydrogen) atoms. The molecule has 2 aromatic rings. The summed E-state index contributed by atoms with van der Waals surface area (Å²) in [4.78, 5) is 0. The minimum Gasteiger partial charge on any atom is -0.497 e. The molecule has 82 valence electrons. The van der Waals surface area contributed by atoms with Crippen LogP contribution in [0.1, 0.15) is 5.56 Å². The number of rotatable bonds is 2. The molecule has 2 heteroatoms. The Labute approximate surface area is 94.5 Å². The number of hydrogen-bond donors (Lipinski definition) is 0. The average Bonchev–Trinajstić information content (AvgIpc) is 2.33. The van der Waals surface area contributed by atoms with Gasteiger partial charge in [-0.3, -0.25) is 0 Å². The second-order valence-electron chi connectivity index (χ2n) is 3.67. The Bertz CT molecular complexity index is 506. The summed E-state index contributed by atoms with van der Waals surface area (Å²) in [6.07, 6.45) is 0. The van der Waals surface area contributed by atoms with Gasteiger partial charge in [-0.2, -0.15) is 0 Å². The van der Waals surface area contributed by atoms with E-state index in [0.717, 1.165) is 11.3 Å². The number of aryl methyl sites for hydroxylation is 1. The molecule has 0 heterocycles. The van der Waals surface area contributed by atoms with E-state index in [1.54, 1.807) is 26.2 Å². The lowest BCUT2D eigenvalue weighted by Gasteiger charge is -2.07. The lowest BCUT2D eigenvalue weighted by atomic mass is 10.0. The number of ether oxygens (including phenoxy) is 1. The molecule has 0 aromatic heterocycles. The first-order chi connectivity index (χ1) is 7.72. The molecule has 0 N–H and O–H groups in total. The first kappa shape index (κ1) is 10.7. The van der Waals surface area contributed by atoms with Crippen molar-refractivity contribution in [3.05, 3.63) is 53.8 Å². The van der Waals surface area contributed by atoms with Crippen LogP contribution >= 0.6 is 0 Å². The summed E-state index contributed by atoms with van der Waals surface area (Å²) in [5.74, 6) is 0.564. The lowest BCUT2D eigenvalue weighted by Crippen LogP contribution is -1.89. The van der Waals surface area contributed by atoms with E-state index in [1.807, 2.05) is 30.3 Å². The predicted octanol–water partition coefficient (Wildman–Crippen LogP) is 3.81. The van der Waals surface area contributed by atoms with Crippen molar-refractivity contribution < 1.29 is 9.13 Å². The van der Waals surface area contributed by atoms with E-state index in [0.29, 0.717) is 11.1 Å². The quantitative estimate of drug-likeness (QED) is 0.741. The first-order valence-electron chi connectivity index (χ1n) is 5.12. The van der Waals surface area contributed by atoms with Gasteiger partial charge in [0.05, 0.1) is 7.11 Å². The minimum atomic E-state index is -0.171. The van der Waals surface area contributed by atoms with Crippen LogP contribution in [0.4, 0.5) is 4.39 Å². The highest BCUT2D eigenvalue weighted by molar-refractivity contribution is 5.66. The van der Waals surface area contributed by atoms with E-state index >= 15 is 0 Å². The van der Waals surface area contributed by atoms with Crippen LogP contribution in [0.25, 0.3) is 11.1 Å². The highest BCUT2D eigenvalue weighted by Gasteiger charge is 2.07. The smallest absolute Gasteiger partial charge is 0.133 e. The van der Waals surface area contributed by atoms with Crippen molar-refractivity contribution in [2.75, 3.05) is 7.11 Å². The van der Waals surface area contributed by atoms with Gasteiger partial charge in [0.2, 0.25) is 0 Å². The molecule has 2 aromatic carbocycles. The summed E-state index contributed by atoms with van der Waals surface area (Å²) in [6, 6.07) is 12.8. The van der Waals surface area contributed by atoms with Crippen molar-refractivity contribution in [2.45, 2.75) is 6.92 Å². The molecule has 0 spiro atoms. The third-order valence-electron chi connectivity index (χ3n) is 2.57. The Morgan fingerprint density at radius 2 is 1.81 bits per heavy atom. The summed E-state index contributed by atoms with van der Waals surface area (Å²) in [5.41, 5.74) is 2.10. The van der Waals surface area contributed by atoms with Gasteiger partial charge in [0.25, 0.3) is 0 Å². The van der Waals surface area contributed by atoms with Crippen molar-refractivity contribution >= 4 is 0 Å². The second kappa shape index (κ2) is 4.35. The summed E-state index contributed by atoms with van der Waals surface area (Å²) in [6.45, 7) is 1.76. The number of halogens is 1. The van der Waals surface area contributed by atoms with Gasteiger partial charge in [0.15, 0.2) is 0 Å². The van der Waals surface area contributed by atoms with Gasteiger partial charge in [0.1, 0.15) is 11.6 Å². The molecule has 0 aliphatic carbocycles. The molecular weight excluding hydrogens is 203 g/mol. The van der Waals surface area contributed by atoms with Gasteiger partial charge < -0.3 is 4.74 Å². The molecule has 2 rings (SSSR count). The van der Waals surface area contributed by atoms with E-state index in [1.165, 1.54) is 0 Å². The van der Waals surface area contributed by atoms with Crippen molar-refractivity contribution in [1.29, 1.82) is 0 Å². The summed E-state index contributed by atoms with van der Waals surface area (Å²) in [5, 5.41) is 0. The van der Waals surface area contributed by atoms with Gasteiger partial charge in [-0.25, -0.2) is 4.39 Å². The van der Waals surface area contributed by atoms with Gasteiger partial charge in [0, 0.05) is 5.56 Å². The molecule has 0 saturated heterocycles. The zero-order chi connectivity index (χ0) is 11.5. The summed E-state index contributed by atoms with van der Waals surface area (Å²) in [7, 11) is 1.60. The monoisotopic (exact) mass is 216 g/mol. The van der Waals surface area contributed by atoms with Crippen molar-refractivity contribution in [3.63, 3.8) is 0 Å². The van der Waals surface area contributed by atoms with E-state index in [2.05, 4.69) is 0 Å². The summed E-state index contributed by atoms with van der Waals surface area (Å²) < 4.78 is 19.0. The molecule has 0 radical (unpaired) electrons. The Kier molecular flexibility index (Phi) is 2.91. The first-order valence-corrected chi connectivity index (χ1v) is 5.12. The lowest BCUT2D eigenvalue weighted by molar-refractivity contribution is 0.415. The predicted molar refractivity (Wildman–Crippen MR) is 63.1 cm³/mol. The van der Waals surface area contributed by atoms with Gasteiger partial charge in [-0.15, -0.1) is 0 Å². The minimum absolute atomic E-state index is 0.171. The van der Waals surface area contributed by atoms with Crippen LogP contribution < -0.4 is 4.74 Å². The Hall–Kier alpha value is -1.83. The van der Waals surface area contributed by atoms with Crippen LogP contribution in [0.3, 0.4) is 0 Å². The molecule has 0 aliphatic heterocycles. The normalized spacial score (nSPS) is 10.2. The van der Waals surface area contributed by atoms with E-state index in [-0.39, 0.29) is 5.82 Å². The van der Waals surface area contributed by atoms with E-state index in [9.17, 15) is 4.39 Å². The Balaban J connectivity index is 2.54. The average molecular weight is 216 g/mol. The van der Waals surface area contributed by atoms with Crippen molar-refractivity contribution in [1.82, 2.24) is 0 Å². The highest BCUT2D eigenvalue weighted by Crippen LogP contribution is 2.27. The van der Waals surface area contributed by atoms with Crippen LogP contribution in [-0.2, 0) is 0 Å². The third kappa shape index (κ3) is 1.91. The molecule has 0 unspecified atom stereocenters. The fourth-order valence-electron chi connectivity index (χ4n) is 1.66. The molecule has 0 bridgehead atoms. The zero-order valence-electron chi connectivity index (χ0n) is 9.33. The molecule has 0 atom stereocenters. The maximum absolute atomic E-state index is 13.9. The fraction of sp³-hybridized carbons (Fsp3) is 0.143. The largest absolute Gasteiger partial charge is 0.497 e. The van der Waals surface area contributed by atoms with Crippen LogP contribution in [0.15, 0.2) is 42.5 Å². The fourth-order valence-corrected chi connectivity index (χ4v) is 1.66. The van der Waals surface area contributed by atoms with Crippen LogP contribution in [0.2, 0.25) is 0 Å². The molecule has 1 nitrogen and oxygen atoms in total. The van der Waals surface area contributed by atoms with Gasteiger partial charge >= 0.3 is 0 Å².